The van der Waals surface area contributed by atoms with Crippen molar-refractivity contribution in [3.8, 4) is 0 Å². The average Bonchev–Trinajstić information content (AvgIpc) is 2.91. The standard InChI is InChI=1S/C17H30N6OS.HI/c1-12-13(2)25-15(20-12)10-19-17(18-3)21-14-6-8-23(9-7-14)11-16(24)22(4)5;/h14H,6-11H2,1-5H3,(H2,18,19,21);1H. The molecule has 0 aromatic carbocycles. The van der Waals surface area contributed by atoms with Crippen molar-refractivity contribution in [3.63, 3.8) is 0 Å². The lowest BCUT2D eigenvalue weighted by molar-refractivity contribution is -0.130. The number of aryl methyl sites for hydroxylation is 2. The van der Waals surface area contributed by atoms with Crippen LogP contribution < -0.4 is 10.6 Å². The van der Waals surface area contributed by atoms with Crippen molar-refractivity contribution in [2.75, 3.05) is 40.8 Å². The summed E-state index contributed by atoms with van der Waals surface area (Å²) in [5.74, 6) is 0.978. The number of nitrogens with one attached hydrogen (secondary N) is 2. The van der Waals surface area contributed by atoms with Crippen LogP contribution in [0.4, 0.5) is 0 Å². The van der Waals surface area contributed by atoms with E-state index in [0.29, 0.717) is 19.1 Å². The van der Waals surface area contributed by atoms with Crippen LogP contribution in [0.1, 0.15) is 28.4 Å². The zero-order valence-corrected chi connectivity index (χ0v) is 19.5. The van der Waals surface area contributed by atoms with Crippen LogP contribution in [-0.4, -0.2) is 73.5 Å². The molecule has 148 valence electrons. The summed E-state index contributed by atoms with van der Waals surface area (Å²) in [5, 5.41) is 7.91. The first-order valence-electron chi connectivity index (χ1n) is 8.71. The summed E-state index contributed by atoms with van der Waals surface area (Å²) in [6.45, 7) is 7.19. The Bertz CT molecular complexity index is 591. The molecule has 0 unspecified atom stereocenters. The van der Waals surface area contributed by atoms with Gasteiger partial charge in [0.2, 0.25) is 5.91 Å². The van der Waals surface area contributed by atoms with Crippen LogP contribution in [0.5, 0.6) is 0 Å². The first kappa shape index (κ1) is 23.1. The molecular weight excluding hydrogens is 463 g/mol. The molecule has 1 fully saturated rings. The van der Waals surface area contributed by atoms with E-state index in [1.807, 2.05) is 6.92 Å². The normalized spacial score (nSPS) is 16.1. The first-order valence-corrected chi connectivity index (χ1v) is 9.53. The Morgan fingerprint density at radius 1 is 1.35 bits per heavy atom. The van der Waals surface area contributed by atoms with E-state index in [4.69, 9.17) is 0 Å². The van der Waals surface area contributed by atoms with Gasteiger partial charge in [0.1, 0.15) is 5.01 Å². The predicted octanol–water partition coefficient (Wildman–Crippen LogP) is 1.60. The summed E-state index contributed by atoms with van der Waals surface area (Å²) in [7, 11) is 5.40. The van der Waals surface area contributed by atoms with Gasteiger partial charge in [-0.25, -0.2) is 4.98 Å². The number of carbonyl (C=O) groups excluding carboxylic acids is 1. The number of hydrogen-bond acceptors (Lipinski definition) is 5. The molecule has 2 rings (SSSR count). The minimum Gasteiger partial charge on any atom is -0.354 e. The number of nitrogens with zero attached hydrogens (tertiary/aromatic N) is 4. The molecule has 26 heavy (non-hydrogen) atoms. The number of aliphatic imine (C=N–C) groups is 1. The number of carbonyl (C=O) groups is 1. The number of hydrogen-bond donors (Lipinski definition) is 2. The summed E-state index contributed by atoms with van der Waals surface area (Å²) >= 11 is 1.72. The number of aromatic nitrogens is 1. The highest BCUT2D eigenvalue weighted by molar-refractivity contribution is 14.0. The zero-order valence-electron chi connectivity index (χ0n) is 16.3. The molecule has 1 aromatic rings. The maximum Gasteiger partial charge on any atom is 0.236 e. The number of piperidine rings is 1. The van der Waals surface area contributed by atoms with Crippen LogP contribution >= 0.6 is 35.3 Å². The van der Waals surface area contributed by atoms with E-state index in [-0.39, 0.29) is 29.9 Å². The van der Waals surface area contributed by atoms with Crippen LogP contribution in [0.25, 0.3) is 0 Å². The third-order valence-electron chi connectivity index (χ3n) is 4.49. The molecule has 0 aliphatic carbocycles. The van der Waals surface area contributed by atoms with E-state index in [2.05, 4.69) is 32.4 Å². The van der Waals surface area contributed by atoms with E-state index < -0.39 is 0 Å². The van der Waals surface area contributed by atoms with Gasteiger partial charge in [0.05, 0.1) is 18.8 Å². The molecule has 0 saturated carbocycles. The van der Waals surface area contributed by atoms with E-state index in [1.54, 1.807) is 37.4 Å². The lowest BCUT2D eigenvalue weighted by Crippen LogP contribution is -2.49. The summed E-state index contributed by atoms with van der Waals surface area (Å²) < 4.78 is 0. The van der Waals surface area contributed by atoms with Gasteiger partial charge in [-0.1, -0.05) is 0 Å². The molecule has 2 heterocycles. The van der Waals surface area contributed by atoms with Crippen molar-refractivity contribution in [3.05, 3.63) is 15.6 Å². The van der Waals surface area contributed by atoms with Crippen LogP contribution in [-0.2, 0) is 11.3 Å². The molecule has 0 bridgehead atoms. The molecule has 1 aromatic heterocycles. The number of rotatable bonds is 5. The second-order valence-electron chi connectivity index (χ2n) is 6.66. The van der Waals surface area contributed by atoms with Crippen molar-refractivity contribution < 1.29 is 4.79 Å². The highest BCUT2D eigenvalue weighted by Crippen LogP contribution is 2.16. The number of likely N-dealkylation sites (N-methyl/N-ethyl adjacent to an activating group) is 1. The van der Waals surface area contributed by atoms with Crippen molar-refractivity contribution in [1.82, 2.24) is 25.4 Å². The highest BCUT2D eigenvalue weighted by atomic mass is 127. The van der Waals surface area contributed by atoms with Crippen LogP contribution in [0.2, 0.25) is 0 Å². The lowest BCUT2D eigenvalue weighted by atomic mass is 10.1. The fourth-order valence-electron chi connectivity index (χ4n) is 2.73. The van der Waals surface area contributed by atoms with Gasteiger partial charge in [-0.3, -0.25) is 14.7 Å². The summed E-state index contributed by atoms with van der Waals surface area (Å²) in [6, 6.07) is 0.386. The lowest BCUT2D eigenvalue weighted by Gasteiger charge is -2.33. The third kappa shape index (κ3) is 6.99. The molecule has 2 N–H and O–H groups in total. The maximum atomic E-state index is 11.8. The topological polar surface area (TPSA) is 72.9 Å². The predicted molar refractivity (Wildman–Crippen MR) is 118 cm³/mol. The fraction of sp³-hybridized carbons (Fsp3) is 0.706. The second kappa shape index (κ2) is 11.0. The highest BCUT2D eigenvalue weighted by Gasteiger charge is 2.22. The SMILES string of the molecule is CN=C(NCc1nc(C)c(C)s1)NC1CCN(CC(=O)N(C)C)CC1.I. The quantitative estimate of drug-likeness (QED) is 0.370. The second-order valence-corrected chi connectivity index (χ2v) is 7.95. The maximum absolute atomic E-state index is 11.8. The van der Waals surface area contributed by atoms with Gasteiger partial charge in [0.15, 0.2) is 5.96 Å². The van der Waals surface area contributed by atoms with E-state index >= 15 is 0 Å². The molecular formula is C17H31IN6OS. The van der Waals surface area contributed by atoms with Crippen molar-refractivity contribution in [2.24, 2.45) is 4.99 Å². The molecule has 1 amide bonds. The number of thiazole rings is 1. The third-order valence-corrected chi connectivity index (χ3v) is 5.56. The monoisotopic (exact) mass is 494 g/mol. The van der Waals surface area contributed by atoms with Crippen LogP contribution in [0, 0.1) is 13.8 Å². The smallest absolute Gasteiger partial charge is 0.236 e. The molecule has 9 heteroatoms. The molecule has 7 nitrogen and oxygen atoms in total. The van der Waals surface area contributed by atoms with Gasteiger partial charge in [-0.15, -0.1) is 35.3 Å². The Labute approximate surface area is 177 Å². The molecule has 1 aliphatic rings. The number of likely N-dealkylation sites (tertiary alicyclic amines) is 1. The average molecular weight is 494 g/mol. The Kier molecular flexibility index (Phi) is 9.80. The Morgan fingerprint density at radius 3 is 2.50 bits per heavy atom. The summed E-state index contributed by atoms with van der Waals surface area (Å²) in [6.07, 6.45) is 2.02. The van der Waals surface area contributed by atoms with E-state index in [0.717, 1.165) is 42.6 Å². The van der Waals surface area contributed by atoms with Gasteiger partial charge < -0.3 is 15.5 Å². The molecule has 0 radical (unpaired) electrons. The van der Waals surface area contributed by atoms with Crippen molar-refractivity contribution >= 4 is 47.2 Å². The molecule has 0 spiro atoms. The van der Waals surface area contributed by atoms with Crippen LogP contribution in [0.3, 0.4) is 0 Å². The minimum atomic E-state index is 0. The van der Waals surface area contributed by atoms with Gasteiger partial charge in [0, 0.05) is 45.2 Å². The van der Waals surface area contributed by atoms with Crippen molar-refractivity contribution in [1.29, 1.82) is 0 Å². The van der Waals surface area contributed by atoms with E-state index in [9.17, 15) is 4.79 Å². The Morgan fingerprint density at radius 2 is 2.00 bits per heavy atom. The largest absolute Gasteiger partial charge is 0.354 e. The Balaban J connectivity index is 0.00000338. The number of amides is 1. The first-order chi connectivity index (χ1) is 11.9. The van der Waals surface area contributed by atoms with Crippen LogP contribution in [0.15, 0.2) is 4.99 Å². The molecule has 1 saturated heterocycles. The minimum absolute atomic E-state index is 0. The van der Waals surface area contributed by atoms with Gasteiger partial charge in [0.25, 0.3) is 0 Å². The fourth-order valence-corrected chi connectivity index (χ4v) is 3.60. The molecule has 0 atom stereocenters. The molecule has 1 aliphatic heterocycles. The number of halogens is 1. The number of guanidine groups is 1. The Hall–Kier alpha value is -0.940. The van der Waals surface area contributed by atoms with E-state index in [1.165, 1.54) is 4.88 Å². The van der Waals surface area contributed by atoms with Gasteiger partial charge >= 0.3 is 0 Å². The summed E-state index contributed by atoms with van der Waals surface area (Å²) in [4.78, 5) is 25.8. The summed E-state index contributed by atoms with van der Waals surface area (Å²) in [5.41, 5.74) is 1.10. The van der Waals surface area contributed by atoms with Gasteiger partial charge in [-0.05, 0) is 26.7 Å². The van der Waals surface area contributed by atoms with Crippen molar-refractivity contribution in [2.45, 2.75) is 39.3 Å². The zero-order chi connectivity index (χ0) is 18.4. The van der Waals surface area contributed by atoms with Gasteiger partial charge in [-0.2, -0.15) is 0 Å².